The van der Waals surface area contributed by atoms with Crippen LogP contribution >= 0.6 is 0 Å². The summed E-state index contributed by atoms with van der Waals surface area (Å²) in [6.45, 7) is 1.29. The lowest BCUT2D eigenvalue weighted by molar-refractivity contribution is -0.120. The van der Waals surface area contributed by atoms with Crippen molar-refractivity contribution in [3.05, 3.63) is 35.6 Å². The molecule has 110 valence electrons. The number of ether oxygens (including phenoxy) is 1. The maximum atomic E-state index is 13.3. The van der Waals surface area contributed by atoms with E-state index in [1.807, 2.05) is 0 Å². The molecule has 0 heterocycles. The molecular formula is C14H19FN2O3. The van der Waals surface area contributed by atoms with E-state index in [-0.39, 0.29) is 24.4 Å². The quantitative estimate of drug-likeness (QED) is 0.702. The number of halogens is 1. The number of hydrogen-bond donors (Lipinski definition) is 2. The summed E-state index contributed by atoms with van der Waals surface area (Å²) < 4.78 is 18.2. The van der Waals surface area contributed by atoms with Crippen LogP contribution in [0.15, 0.2) is 24.3 Å². The van der Waals surface area contributed by atoms with Crippen molar-refractivity contribution in [1.82, 2.24) is 10.6 Å². The van der Waals surface area contributed by atoms with Gasteiger partial charge in [-0.25, -0.2) is 4.39 Å². The number of benzene rings is 1. The van der Waals surface area contributed by atoms with Crippen LogP contribution in [-0.2, 0) is 9.53 Å². The summed E-state index contributed by atoms with van der Waals surface area (Å²) in [7, 11) is 1.60. The Labute approximate surface area is 117 Å². The normalized spacial score (nSPS) is 10.1. The molecule has 0 saturated carbocycles. The molecule has 0 unspecified atom stereocenters. The Balaban J connectivity index is 2.22. The van der Waals surface area contributed by atoms with E-state index in [0.717, 1.165) is 6.42 Å². The van der Waals surface area contributed by atoms with E-state index in [4.69, 9.17) is 4.74 Å². The first kappa shape index (κ1) is 16.1. The second-order valence-corrected chi connectivity index (χ2v) is 4.18. The third-order valence-electron chi connectivity index (χ3n) is 2.60. The molecule has 2 N–H and O–H groups in total. The number of carbonyl (C=O) groups is 2. The molecule has 5 nitrogen and oxygen atoms in total. The molecule has 0 atom stereocenters. The van der Waals surface area contributed by atoms with Crippen LogP contribution in [0, 0.1) is 5.82 Å². The molecule has 6 heteroatoms. The number of rotatable bonds is 8. The zero-order valence-electron chi connectivity index (χ0n) is 11.4. The Bertz CT molecular complexity index is 452. The number of carbonyl (C=O) groups excluding carboxylic acids is 2. The molecule has 0 bridgehead atoms. The fourth-order valence-corrected chi connectivity index (χ4v) is 1.56. The van der Waals surface area contributed by atoms with Gasteiger partial charge in [0.15, 0.2) is 0 Å². The first-order valence-electron chi connectivity index (χ1n) is 6.43. The van der Waals surface area contributed by atoms with Crippen LogP contribution in [0.4, 0.5) is 4.39 Å². The summed E-state index contributed by atoms with van der Waals surface area (Å²) in [6, 6.07) is 5.72. The molecule has 2 amide bonds. The fraction of sp³-hybridized carbons (Fsp3) is 0.429. The molecule has 0 radical (unpaired) electrons. The highest BCUT2D eigenvalue weighted by molar-refractivity contribution is 5.94. The van der Waals surface area contributed by atoms with E-state index in [2.05, 4.69) is 10.6 Å². The Hall–Kier alpha value is -1.95. The smallest absolute Gasteiger partial charge is 0.254 e. The SMILES string of the molecule is COCCCNC(=O)CCNC(=O)c1ccccc1F. The Morgan fingerprint density at radius 1 is 1.20 bits per heavy atom. The van der Waals surface area contributed by atoms with Gasteiger partial charge in [0.1, 0.15) is 5.82 Å². The molecule has 0 fully saturated rings. The molecule has 1 aromatic rings. The fourth-order valence-electron chi connectivity index (χ4n) is 1.56. The van der Waals surface area contributed by atoms with Crippen LogP contribution in [0.3, 0.4) is 0 Å². The molecule has 20 heavy (non-hydrogen) atoms. The molecule has 0 aromatic heterocycles. The van der Waals surface area contributed by atoms with E-state index >= 15 is 0 Å². The number of methoxy groups -OCH3 is 1. The molecule has 0 aliphatic rings. The Morgan fingerprint density at radius 3 is 2.65 bits per heavy atom. The molecule has 0 saturated heterocycles. The van der Waals surface area contributed by atoms with Gasteiger partial charge in [0.2, 0.25) is 5.91 Å². The minimum absolute atomic E-state index is 0.0204. The predicted octanol–water partition coefficient (Wildman–Crippen LogP) is 1.10. The summed E-state index contributed by atoms with van der Waals surface area (Å²) in [6.07, 6.45) is 0.900. The van der Waals surface area contributed by atoms with Crippen LogP contribution in [0.5, 0.6) is 0 Å². The van der Waals surface area contributed by atoms with Gasteiger partial charge in [-0.3, -0.25) is 9.59 Å². The number of nitrogens with one attached hydrogen (secondary N) is 2. The summed E-state index contributed by atoms with van der Waals surface area (Å²) >= 11 is 0. The van der Waals surface area contributed by atoms with Crippen molar-refractivity contribution in [2.45, 2.75) is 12.8 Å². The summed E-state index contributed by atoms with van der Waals surface area (Å²) in [5, 5.41) is 5.21. The predicted molar refractivity (Wildman–Crippen MR) is 72.9 cm³/mol. The van der Waals surface area contributed by atoms with E-state index in [1.165, 1.54) is 18.2 Å². The lowest BCUT2D eigenvalue weighted by Crippen LogP contribution is -2.31. The summed E-state index contributed by atoms with van der Waals surface area (Å²) in [5.74, 6) is -1.25. The third kappa shape index (κ3) is 5.79. The van der Waals surface area contributed by atoms with Crippen LogP contribution in [-0.4, -0.2) is 38.6 Å². The molecule has 1 rings (SSSR count). The van der Waals surface area contributed by atoms with Crippen molar-refractivity contribution >= 4 is 11.8 Å². The number of hydrogen-bond acceptors (Lipinski definition) is 3. The maximum absolute atomic E-state index is 13.3. The Kier molecular flexibility index (Phi) is 7.27. The topological polar surface area (TPSA) is 67.4 Å². The third-order valence-corrected chi connectivity index (χ3v) is 2.60. The minimum Gasteiger partial charge on any atom is -0.385 e. The number of amides is 2. The van der Waals surface area contributed by atoms with E-state index in [0.29, 0.717) is 13.2 Å². The van der Waals surface area contributed by atoms with Crippen LogP contribution in [0.25, 0.3) is 0 Å². The largest absolute Gasteiger partial charge is 0.385 e. The summed E-state index contributed by atoms with van der Waals surface area (Å²) in [5.41, 5.74) is -0.0204. The Morgan fingerprint density at radius 2 is 1.95 bits per heavy atom. The standard InChI is InChI=1S/C14H19FN2O3/c1-20-10-4-8-16-13(18)7-9-17-14(19)11-5-2-3-6-12(11)15/h2-3,5-6H,4,7-10H2,1H3,(H,16,18)(H,17,19). The van der Waals surface area contributed by atoms with Crippen LogP contribution < -0.4 is 10.6 Å². The maximum Gasteiger partial charge on any atom is 0.254 e. The average Bonchev–Trinajstić information content (AvgIpc) is 2.44. The van der Waals surface area contributed by atoms with Gasteiger partial charge in [0.05, 0.1) is 5.56 Å². The van der Waals surface area contributed by atoms with Crippen molar-refractivity contribution in [2.75, 3.05) is 26.8 Å². The highest BCUT2D eigenvalue weighted by atomic mass is 19.1. The molecule has 0 aliphatic carbocycles. The van der Waals surface area contributed by atoms with Crippen molar-refractivity contribution in [3.8, 4) is 0 Å². The van der Waals surface area contributed by atoms with Gasteiger partial charge in [-0.15, -0.1) is 0 Å². The van der Waals surface area contributed by atoms with E-state index < -0.39 is 11.7 Å². The van der Waals surface area contributed by atoms with Gasteiger partial charge in [-0.05, 0) is 18.6 Å². The lowest BCUT2D eigenvalue weighted by atomic mass is 10.2. The zero-order valence-corrected chi connectivity index (χ0v) is 11.4. The van der Waals surface area contributed by atoms with Gasteiger partial charge < -0.3 is 15.4 Å². The van der Waals surface area contributed by atoms with Gasteiger partial charge >= 0.3 is 0 Å². The first-order valence-corrected chi connectivity index (χ1v) is 6.43. The molecule has 0 spiro atoms. The zero-order chi connectivity index (χ0) is 14.8. The van der Waals surface area contributed by atoms with Crippen LogP contribution in [0.2, 0.25) is 0 Å². The lowest BCUT2D eigenvalue weighted by Gasteiger charge is -2.07. The molecular weight excluding hydrogens is 263 g/mol. The monoisotopic (exact) mass is 282 g/mol. The highest BCUT2D eigenvalue weighted by Gasteiger charge is 2.10. The van der Waals surface area contributed by atoms with Crippen molar-refractivity contribution in [2.24, 2.45) is 0 Å². The second-order valence-electron chi connectivity index (χ2n) is 4.18. The van der Waals surface area contributed by atoms with Gasteiger partial charge in [-0.1, -0.05) is 12.1 Å². The highest BCUT2D eigenvalue weighted by Crippen LogP contribution is 2.05. The van der Waals surface area contributed by atoms with Crippen molar-refractivity contribution < 1.29 is 18.7 Å². The minimum atomic E-state index is -0.575. The van der Waals surface area contributed by atoms with Gasteiger partial charge in [-0.2, -0.15) is 0 Å². The van der Waals surface area contributed by atoms with Crippen molar-refractivity contribution in [3.63, 3.8) is 0 Å². The molecule has 1 aromatic carbocycles. The van der Waals surface area contributed by atoms with Gasteiger partial charge in [0, 0.05) is 33.2 Å². The van der Waals surface area contributed by atoms with Crippen molar-refractivity contribution in [1.29, 1.82) is 0 Å². The summed E-state index contributed by atoms with van der Waals surface area (Å²) in [4.78, 5) is 23.1. The first-order chi connectivity index (χ1) is 9.65. The average molecular weight is 282 g/mol. The van der Waals surface area contributed by atoms with Gasteiger partial charge in [0.25, 0.3) is 5.91 Å². The molecule has 0 aliphatic heterocycles. The van der Waals surface area contributed by atoms with E-state index in [1.54, 1.807) is 13.2 Å². The van der Waals surface area contributed by atoms with E-state index in [9.17, 15) is 14.0 Å². The second kappa shape index (κ2) is 9.03. The van der Waals surface area contributed by atoms with Crippen LogP contribution in [0.1, 0.15) is 23.2 Å².